The van der Waals surface area contributed by atoms with Crippen LogP contribution in [-0.4, -0.2) is 5.78 Å². The molecule has 0 unspecified atom stereocenters. The second kappa shape index (κ2) is 6.93. The molecule has 3 rings (SSSR count). The molecule has 0 radical (unpaired) electrons. The van der Waals surface area contributed by atoms with E-state index in [0.29, 0.717) is 23.5 Å². The van der Waals surface area contributed by atoms with Gasteiger partial charge < -0.3 is 9.15 Å². The predicted octanol–water partition coefficient (Wildman–Crippen LogP) is 4.12. The summed E-state index contributed by atoms with van der Waals surface area (Å²) in [4.78, 5) is 23.5. The number of benzene rings is 2. The summed E-state index contributed by atoms with van der Waals surface area (Å²) in [6, 6.07) is 13.5. The maximum Gasteiger partial charge on any atom is 0.340 e. The highest BCUT2D eigenvalue weighted by atomic mass is 16.5. The van der Waals surface area contributed by atoms with E-state index in [-0.39, 0.29) is 12.2 Å². The van der Waals surface area contributed by atoms with Crippen LogP contribution in [0.5, 0.6) is 5.75 Å². The number of hydrogen-bond acceptors (Lipinski definition) is 4. The van der Waals surface area contributed by atoms with Crippen molar-refractivity contribution < 1.29 is 13.9 Å². The Labute approximate surface area is 146 Å². The Morgan fingerprint density at radius 2 is 1.92 bits per heavy atom. The average molecular weight is 336 g/mol. The van der Waals surface area contributed by atoms with Crippen molar-refractivity contribution in [2.45, 2.75) is 33.8 Å². The van der Waals surface area contributed by atoms with Crippen LogP contribution in [0.25, 0.3) is 11.0 Å². The van der Waals surface area contributed by atoms with Crippen LogP contribution in [-0.2, 0) is 17.8 Å². The number of fused-ring (bicyclic) bond motifs is 1. The fourth-order valence-electron chi connectivity index (χ4n) is 2.89. The minimum Gasteiger partial charge on any atom is -0.489 e. The predicted molar refractivity (Wildman–Crippen MR) is 97.1 cm³/mol. The van der Waals surface area contributed by atoms with Gasteiger partial charge in [-0.2, -0.15) is 0 Å². The van der Waals surface area contributed by atoms with Gasteiger partial charge in [-0.25, -0.2) is 4.79 Å². The second-order valence-electron chi connectivity index (χ2n) is 6.31. The first kappa shape index (κ1) is 17.0. The fraction of sp³-hybridized carbons (Fsp3) is 0.238. The lowest BCUT2D eigenvalue weighted by Crippen LogP contribution is -2.13. The highest BCUT2D eigenvalue weighted by molar-refractivity contribution is 5.85. The molecule has 1 heterocycles. The lowest BCUT2D eigenvalue weighted by molar-refractivity contribution is -0.116. The van der Waals surface area contributed by atoms with Crippen LogP contribution in [0, 0.1) is 13.8 Å². The van der Waals surface area contributed by atoms with E-state index in [0.717, 1.165) is 16.5 Å². The highest BCUT2D eigenvalue weighted by Crippen LogP contribution is 2.25. The summed E-state index contributed by atoms with van der Waals surface area (Å²) in [5.41, 5.74) is 3.47. The normalized spacial score (nSPS) is 10.8. The van der Waals surface area contributed by atoms with Crippen LogP contribution < -0.4 is 10.4 Å². The third kappa shape index (κ3) is 3.79. The topological polar surface area (TPSA) is 56.5 Å². The fourth-order valence-corrected chi connectivity index (χ4v) is 2.89. The van der Waals surface area contributed by atoms with E-state index in [9.17, 15) is 9.59 Å². The van der Waals surface area contributed by atoms with Gasteiger partial charge in [0, 0.05) is 23.4 Å². The Balaban J connectivity index is 1.90. The minimum atomic E-state index is -0.462. The average Bonchev–Trinajstić information content (AvgIpc) is 2.56. The molecule has 0 atom stereocenters. The van der Waals surface area contributed by atoms with Gasteiger partial charge in [0.15, 0.2) is 0 Å². The Morgan fingerprint density at radius 1 is 1.12 bits per heavy atom. The van der Waals surface area contributed by atoms with Crippen LogP contribution >= 0.6 is 0 Å². The third-order valence-corrected chi connectivity index (χ3v) is 4.17. The van der Waals surface area contributed by atoms with Gasteiger partial charge in [0.2, 0.25) is 0 Å². The molecule has 0 bridgehead atoms. The van der Waals surface area contributed by atoms with Crippen molar-refractivity contribution in [2.24, 2.45) is 0 Å². The molecule has 0 N–H and O–H groups in total. The zero-order chi connectivity index (χ0) is 18.0. The molecule has 0 aliphatic rings. The van der Waals surface area contributed by atoms with Gasteiger partial charge >= 0.3 is 5.63 Å². The molecular weight excluding hydrogens is 316 g/mol. The molecule has 0 aliphatic carbocycles. The molecule has 4 nitrogen and oxygen atoms in total. The van der Waals surface area contributed by atoms with Crippen LogP contribution in [0.4, 0.5) is 0 Å². The summed E-state index contributed by atoms with van der Waals surface area (Å²) in [6.45, 7) is 5.78. The molecule has 0 saturated heterocycles. The first-order valence-electron chi connectivity index (χ1n) is 8.18. The van der Waals surface area contributed by atoms with Crippen LogP contribution in [0.15, 0.2) is 51.7 Å². The van der Waals surface area contributed by atoms with Gasteiger partial charge in [0.25, 0.3) is 0 Å². The number of carbonyl (C=O) groups is 1. The van der Waals surface area contributed by atoms with Gasteiger partial charge in [-0.3, -0.25) is 4.79 Å². The summed E-state index contributed by atoms with van der Waals surface area (Å²) in [6.07, 6.45) is 0.0930. The van der Waals surface area contributed by atoms with Crippen LogP contribution in [0.3, 0.4) is 0 Å². The molecule has 128 valence electrons. The minimum absolute atomic E-state index is 0.0622. The molecule has 0 spiro atoms. The maximum atomic E-state index is 12.2. The Kier molecular flexibility index (Phi) is 4.70. The molecular formula is C21H20O4. The van der Waals surface area contributed by atoms with Gasteiger partial charge in [0.1, 0.15) is 23.7 Å². The van der Waals surface area contributed by atoms with Gasteiger partial charge in [-0.15, -0.1) is 0 Å². The Hall–Kier alpha value is -2.88. The molecule has 1 aromatic heterocycles. The monoisotopic (exact) mass is 336 g/mol. The van der Waals surface area contributed by atoms with E-state index in [1.54, 1.807) is 6.07 Å². The number of carbonyl (C=O) groups excluding carboxylic acids is 1. The molecule has 25 heavy (non-hydrogen) atoms. The van der Waals surface area contributed by atoms with Gasteiger partial charge in [-0.1, -0.05) is 29.8 Å². The first-order valence-corrected chi connectivity index (χ1v) is 8.18. The number of hydrogen-bond donors (Lipinski definition) is 0. The number of rotatable bonds is 5. The molecule has 0 saturated carbocycles. The van der Waals surface area contributed by atoms with Gasteiger partial charge in [-0.05, 0) is 44.0 Å². The molecule has 3 aromatic rings. The highest BCUT2D eigenvalue weighted by Gasteiger charge is 2.13. The van der Waals surface area contributed by atoms with Crippen LogP contribution in [0.1, 0.15) is 29.2 Å². The lowest BCUT2D eigenvalue weighted by Gasteiger charge is -2.10. The van der Waals surface area contributed by atoms with Crippen molar-refractivity contribution in [1.29, 1.82) is 0 Å². The van der Waals surface area contributed by atoms with E-state index in [4.69, 9.17) is 9.15 Å². The molecule has 0 aliphatic heterocycles. The zero-order valence-electron chi connectivity index (χ0n) is 14.6. The van der Waals surface area contributed by atoms with Crippen molar-refractivity contribution in [3.8, 4) is 5.75 Å². The van der Waals surface area contributed by atoms with E-state index in [1.165, 1.54) is 12.5 Å². The van der Waals surface area contributed by atoms with Crippen molar-refractivity contribution in [2.75, 3.05) is 0 Å². The Bertz CT molecular complexity index is 998. The molecule has 0 fully saturated rings. The molecule has 2 aromatic carbocycles. The van der Waals surface area contributed by atoms with Gasteiger partial charge in [0.05, 0.1) is 0 Å². The summed E-state index contributed by atoms with van der Waals surface area (Å²) in [7, 11) is 0. The second-order valence-corrected chi connectivity index (χ2v) is 6.31. The van der Waals surface area contributed by atoms with Crippen molar-refractivity contribution in [3.05, 3.63) is 75.1 Å². The van der Waals surface area contributed by atoms with Crippen molar-refractivity contribution in [1.82, 2.24) is 0 Å². The molecule has 4 heteroatoms. The number of ether oxygens (including phenoxy) is 1. The quantitative estimate of drug-likeness (QED) is 0.658. The summed E-state index contributed by atoms with van der Waals surface area (Å²) in [5, 5.41) is 0.818. The summed E-state index contributed by atoms with van der Waals surface area (Å²) < 4.78 is 11.2. The summed E-state index contributed by atoms with van der Waals surface area (Å²) >= 11 is 0. The lowest BCUT2D eigenvalue weighted by atomic mass is 10.0. The SMILES string of the molecule is CC(=O)Cc1c(C)c2ccc(OCc3cccc(C)c3)cc2oc1=O. The van der Waals surface area contributed by atoms with Crippen LogP contribution in [0.2, 0.25) is 0 Å². The zero-order valence-corrected chi connectivity index (χ0v) is 14.6. The van der Waals surface area contributed by atoms with Crippen molar-refractivity contribution >= 4 is 16.8 Å². The van der Waals surface area contributed by atoms with E-state index < -0.39 is 5.63 Å². The first-order chi connectivity index (χ1) is 11.9. The number of ketones is 1. The molecule has 0 amide bonds. The Morgan fingerprint density at radius 3 is 2.64 bits per heavy atom. The van der Waals surface area contributed by atoms with E-state index >= 15 is 0 Å². The largest absolute Gasteiger partial charge is 0.489 e. The smallest absolute Gasteiger partial charge is 0.340 e. The number of aryl methyl sites for hydroxylation is 2. The maximum absolute atomic E-state index is 12.2. The summed E-state index contributed by atoms with van der Waals surface area (Å²) in [5.74, 6) is 0.573. The standard InChI is InChI=1S/C21H20O4/c1-13-5-4-6-16(9-13)12-24-17-7-8-18-15(3)19(10-14(2)22)21(23)25-20(18)11-17/h4-9,11H,10,12H2,1-3H3. The van der Waals surface area contributed by atoms with Crippen molar-refractivity contribution in [3.63, 3.8) is 0 Å². The number of Topliss-reactive ketones (excluding diaryl/α,β-unsaturated/α-hetero) is 1. The third-order valence-electron chi connectivity index (χ3n) is 4.17. The van der Waals surface area contributed by atoms with E-state index in [1.807, 2.05) is 44.2 Å². The van der Waals surface area contributed by atoms with E-state index in [2.05, 4.69) is 6.07 Å².